The highest BCUT2D eigenvalue weighted by atomic mass is 33.1. The van der Waals surface area contributed by atoms with E-state index in [2.05, 4.69) is 108 Å². The average Bonchev–Trinajstić information content (AvgIpc) is 0.895. The number of Topliss-reactive ketones (excluding diaryl/α,β-unsaturated/α-hetero) is 8. The van der Waals surface area contributed by atoms with Crippen molar-refractivity contribution >= 4 is 260 Å². The number of hydrogen-bond acceptors (Lipinski definition) is 38. The van der Waals surface area contributed by atoms with Crippen LogP contribution >= 0.6 is 151 Å². The van der Waals surface area contributed by atoms with Crippen LogP contribution in [0.1, 0.15) is 145 Å². The quantitative estimate of drug-likeness (QED) is 0.00807. The summed E-state index contributed by atoms with van der Waals surface area (Å²) in [7, 11) is 29.7. The predicted molar refractivity (Wildman–Crippen MR) is 512 cm³/mol. The minimum atomic E-state index is -1.18. The number of carboxylic acid groups (broad SMARTS) is 1. The molecule has 0 saturated heterocycles. The monoisotopic (exact) mass is 1840 g/mol. The Hall–Kier alpha value is -3.30. The van der Waals surface area contributed by atoms with Crippen molar-refractivity contribution in [2.24, 2.45) is 25.2 Å². The molecule has 642 valence electrons. The van der Waals surface area contributed by atoms with E-state index in [0.29, 0.717) is 92.2 Å². The molecule has 0 radical (unpaired) electrons. The van der Waals surface area contributed by atoms with Crippen molar-refractivity contribution in [2.45, 2.75) is 131 Å². The van der Waals surface area contributed by atoms with E-state index < -0.39 is 17.9 Å². The van der Waals surface area contributed by atoms with E-state index in [9.17, 15) is 52.7 Å². The number of ketones is 9. The molecule has 0 aliphatic carbocycles. The Morgan fingerprint density at radius 1 is 0.496 bits per heavy atom. The maximum atomic E-state index is 12.0. The first-order valence-electron chi connectivity index (χ1n) is 36.0. The van der Waals surface area contributed by atoms with Crippen LogP contribution in [0, 0.1) is 0 Å². The molecule has 1 atom stereocenters. The number of hydrazone groups is 2. The smallest absolute Gasteiger partial charge is 0.326 e. The van der Waals surface area contributed by atoms with E-state index in [1.165, 1.54) is 52.5 Å². The molecule has 7 N–H and O–H groups in total. The zero-order valence-corrected chi connectivity index (χ0v) is 78.6. The van der Waals surface area contributed by atoms with Crippen molar-refractivity contribution in [3.05, 3.63) is 60.4 Å². The van der Waals surface area contributed by atoms with Crippen LogP contribution in [0.3, 0.4) is 0 Å². The molecule has 0 bridgehead atoms. The molecule has 40 heteroatoms. The van der Waals surface area contributed by atoms with Crippen molar-refractivity contribution in [3.8, 4) is 0 Å². The van der Waals surface area contributed by atoms with Crippen LogP contribution in [-0.4, -0.2) is 273 Å². The second kappa shape index (κ2) is 94.2. The van der Waals surface area contributed by atoms with Gasteiger partial charge in [-0.05, 0) is 138 Å². The number of unbranched alkanes of at least 4 members (excludes halogenated alkanes) is 1. The second-order valence-electron chi connectivity index (χ2n) is 22.3. The highest BCUT2D eigenvalue weighted by Crippen LogP contribution is 2.27. The van der Waals surface area contributed by atoms with Crippen LogP contribution in [0.5, 0.6) is 0 Å². The number of aliphatic carboxylic acids is 1. The number of nitrogens with one attached hydrogen (secondary N) is 6. The van der Waals surface area contributed by atoms with Crippen molar-refractivity contribution in [2.75, 3.05) is 166 Å². The summed E-state index contributed by atoms with van der Waals surface area (Å²) in [6.07, 6.45) is 16.9. The molecular formula is C73H123N13O13S14. The van der Waals surface area contributed by atoms with Gasteiger partial charge in [0.1, 0.15) is 35.0 Å². The summed E-state index contributed by atoms with van der Waals surface area (Å²) < 4.78 is 5.28. The number of aromatic nitrogens is 2. The molecule has 0 spiro atoms. The van der Waals surface area contributed by atoms with E-state index in [1.54, 1.807) is 144 Å². The molecule has 2 aromatic heterocycles. The Balaban J connectivity index is -0.000000410. The van der Waals surface area contributed by atoms with Crippen molar-refractivity contribution in [1.29, 1.82) is 0 Å². The molecule has 26 nitrogen and oxygen atoms in total. The van der Waals surface area contributed by atoms with Gasteiger partial charge in [0.05, 0.1) is 44.4 Å². The van der Waals surface area contributed by atoms with E-state index in [-0.39, 0.29) is 90.3 Å². The molecule has 0 aromatic carbocycles. The lowest BCUT2D eigenvalue weighted by atomic mass is 10.1. The zero-order valence-electron chi connectivity index (χ0n) is 67.2. The fourth-order valence-electron chi connectivity index (χ4n) is 6.59. The van der Waals surface area contributed by atoms with Gasteiger partial charge in [0.15, 0.2) is 34.7 Å². The molecule has 2 heterocycles. The Morgan fingerprint density at radius 2 is 0.920 bits per heavy atom. The largest absolute Gasteiger partial charge is 0.480 e. The van der Waals surface area contributed by atoms with Gasteiger partial charge in [0.2, 0.25) is 5.91 Å². The maximum absolute atomic E-state index is 12.0. The number of amides is 1. The summed E-state index contributed by atoms with van der Waals surface area (Å²) in [5, 5.41) is 28.0. The van der Waals surface area contributed by atoms with E-state index in [4.69, 9.17) is 9.84 Å². The number of aliphatic imine (C=N–C) groups is 3. The number of pyridine rings is 2. The standard InChI is InChI=1S/C15H20N4O2S2.C15H22N2O5S2.C12H17N3OS2.C9H19NO2S2.C9H17NOS2.C7H15NOS2.C6H13NOS2/c1-16-11-13(20)7-9-23-22-8-3-4-14(21)12-5-6-15(18-10-12)19-17-2;1-3-11(18)5-4-8-23-24-10-14(20)17-13(15(21)22)7-6-12(19)9-16-2;1-3-14-15-12-7-6-10(9-13-12)11(16)5-4-8-18-17-2;1-9(11)3-5-12-6-8-14-13-7-4-10-2;1-3-4-6-12-13-7-5-9(11)8-10-2;1-7(9)3-5-10-11-6-4-8-2;1-6(8)5-10-9-4-3-7-2/h5-6,10H,1-4,7-9,11H2,(H,18,19);3,13H,1-2,4-10H2,(H,17,20)(H,21,22);3,6-7,9H,4-5,8H2,1-2H3,(H,13,15);10H,3-8H2,1-2H3;2-8H2,1H3;8H,3-6H2,1-2H3;7H,3-5H2,1-2H3/b;;14-3+;;;;. The van der Waals surface area contributed by atoms with Gasteiger partial charge < -0.3 is 31.1 Å². The summed E-state index contributed by atoms with van der Waals surface area (Å²) in [4.78, 5) is 141. The molecule has 113 heavy (non-hydrogen) atoms. The van der Waals surface area contributed by atoms with Gasteiger partial charge in [-0.3, -0.25) is 73.8 Å². The Labute approximate surface area is 728 Å². The maximum Gasteiger partial charge on any atom is 0.326 e. The molecule has 0 aliphatic rings. The Morgan fingerprint density at radius 3 is 1.35 bits per heavy atom. The molecule has 1 unspecified atom stereocenters. The summed E-state index contributed by atoms with van der Waals surface area (Å²) in [6, 6.07) is 5.87. The van der Waals surface area contributed by atoms with Crippen molar-refractivity contribution in [3.63, 3.8) is 0 Å². The SMILES string of the molecule is C/C=N/Nc1ccc(C(=O)CCCSSC)cn1.C=CC(=O)CCCSSCC(=O)NC(CCC(=O)CN=C)C(=O)O.C=NCC(=O)CCSSCCCC.C=NCC(=O)CCSSCCCC(=O)c1ccc(NN=C)nc1.CNCCSSCC(C)=O.CNCCSSCCC(C)=O.CNCCSSCCOCCC(C)=O. The molecule has 2 rings (SSSR count). The number of carbonyl (C=O) groups is 11. The van der Waals surface area contributed by atoms with E-state index in [1.807, 2.05) is 77.5 Å². The highest BCUT2D eigenvalue weighted by Gasteiger charge is 2.21. The topological polar surface area (TPSA) is 377 Å². The third-order valence-corrected chi connectivity index (χ3v) is 28.8. The van der Waals surface area contributed by atoms with Crippen molar-refractivity contribution < 1.29 is 62.6 Å². The lowest BCUT2D eigenvalue weighted by molar-refractivity contribution is -0.141. The summed E-state index contributed by atoms with van der Waals surface area (Å²) >= 11 is 0. The molecular weight excluding hydrogens is 1720 g/mol. The number of hydrogen-bond donors (Lipinski definition) is 7. The first kappa shape index (κ1) is 118. The fraction of sp³-hybridized carbons (Fsp3) is 0.616. The molecule has 0 fully saturated rings. The van der Waals surface area contributed by atoms with Gasteiger partial charge in [-0.25, -0.2) is 14.8 Å². The molecule has 0 saturated carbocycles. The van der Waals surface area contributed by atoms with Crippen LogP contribution in [-0.2, 0) is 47.9 Å². The molecule has 0 aliphatic heterocycles. The zero-order chi connectivity index (χ0) is 85.4. The number of allylic oxidation sites excluding steroid dienone is 1. The fourth-order valence-corrected chi connectivity index (χ4v) is 20.2. The first-order valence-corrected chi connectivity index (χ1v) is 53.7. The normalized spacial score (nSPS) is 10.5. The Bertz CT molecular complexity index is 2890. The first-order chi connectivity index (χ1) is 54.5. The van der Waals surface area contributed by atoms with Gasteiger partial charge in [0.25, 0.3) is 0 Å². The van der Waals surface area contributed by atoms with Crippen LogP contribution in [0.15, 0.2) is 74.5 Å². The number of carbonyl (C=O) groups excluding carboxylic acids is 10. The van der Waals surface area contributed by atoms with Gasteiger partial charge in [-0.15, -0.1) is 0 Å². The molecule has 1 amide bonds. The lowest BCUT2D eigenvalue weighted by Gasteiger charge is -2.13. The second-order valence-corrected chi connectivity index (χ2v) is 41.0. The molecule has 2 aromatic rings. The van der Waals surface area contributed by atoms with Crippen LogP contribution in [0.2, 0.25) is 0 Å². The van der Waals surface area contributed by atoms with E-state index in [0.717, 1.165) is 90.9 Å². The van der Waals surface area contributed by atoms with Gasteiger partial charge in [0, 0.05) is 171 Å². The van der Waals surface area contributed by atoms with Gasteiger partial charge >= 0.3 is 5.97 Å². The third kappa shape index (κ3) is 94.1. The van der Waals surface area contributed by atoms with Crippen LogP contribution < -0.4 is 32.1 Å². The summed E-state index contributed by atoms with van der Waals surface area (Å²) in [6.45, 7) is 30.1. The number of nitrogens with zero attached hydrogens (tertiary/aromatic N) is 7. The van der Waals surface area contributed by atoms with Gasteiger partial charge in [-0.2, -0.15) is 10.2 Å². The van der Waals surface area contributed by atoms with Crippen LogP contribution in [0.25, 0.3) is 0 Å². The number of carboxylic acids is 1. The highest BCUT2D eigenvalue weighted by molar-refractivity contribution is 8.78. The summed E-state index contributed by atoms with van der Waals surface area (Å²) in [5.41, 5.74) is 6.63. The number of ether oxygens (including phenoxy) is 1. The Kier molecular flexibility index (Phi) is 98.6. The number of anilines is 2. The third-order valence-electron chi connectivity index (χ3n) is 12.4. The van der Waals surface area contributed by atoms with Crippen molar-refractivity contribution in [1.82, 2.24) is 31.2 Å². The predicted octanol–water partition coefficient (Wildman–Crippen LogP) is 15.3. The van der Waals surface area contributed by atoms with Gasteiger partial charge in [-0.1, -0.05) is 171 Å². The summed E-state index contributed by atoms with van der Waals surface area (Å²) in [5.74, 6) is 12.1. The minimum absolute atomic E-state index is 0.0103. The van der Waals surface area contributed by atoms with E-state index >= 15 is 0 Å². The average molecular weight is 1840 g/mol. The lowest BCUT2D eigenvalue weighted by Crippen LogP contribution is -2.41. The van der Waals surface area contributed by atoms with Crippen LogP contribution in [0.4, 0.5) is 11.6 Å². The number of rotatable bonds is 68. The minimum Gasteiger partial charge on any atom is -0.480 e.